The molecule has 1 aromatic carbocycles. The highest BCUT2D eigenvalue weighted by atomic mass is 35.5. The Morgan fingerprint density at radius 3 is 2.76 bits per heavy atom. The molecular formula is C25H31Cl2N5O4S. The molecule has 0 spiro atoms. The van der Waals surface area contributed by atoms with Gasteiger partial charge in [-0.05, 0) is 35.7 Å². The summed E-state index contributed by atoms with van der Waals surface area (Å²) < 4.78 is 7.11. The van der Waals surface area contributed by atoms with Crippen molar-refractivity contribution in [1.29, 1.82) is 0 Å². The number of halogens is 2. The predicted molar refractivity (Wildman–Crippen MR) is 150 cm³/mol. The number of benzene rings is 1. The molecule has 9 nitrogen and oxygen atoms in total. The van der Waals surface area contributed by atoms with E-state index in [2.05, 4.69) is 20.5 Å². The lowest BCUT2D eigenvalue weighted by Crippen LogP contribution is -2.31. The quantitative estimate of drug-likeness (QED) is 0.380. The molecule has 2 aromatic heterocycles. The van der Waals surface area contributed by atoms with Gasteiger partial charge in [0, 0.05) is 57.3 Å². The lowest BCUT2D eigenvalue weighted by molar-refractivity contribution is -0.113. The van der Waals surface area contributed by atoms with Gasteiger partial charge in [-0.1, -0.05) is 0 Å². The number of likely N-dealkylation sites (tertiary alicyclic amines) is 1. The summed E-state index contributed by atoms with van der Waals surface area (Å²) in [4.78, 5) is 31.9. The Bertz CT molecular complexity index is 1310. The first kappa shape index (κ1) is 29.2. The van der Waals surface area contributed by atoms with Crippen LogP contribution in [0, 0.1) is 5.92 Å². The van der Waals surface area contributed by atoms with Crippen molar-refractivity contribution in [1.82, 2.24) is 19.8 Å². The van der Waals surface area contributed by atoms with E-state index in [0.29, 0.717) is 50.0 Å². The number of aromatic nitrogens is 2. The summed E-state index contributed by atoms with van der Waals surface area (Å²) in [6.45, 7) is 3.76. The van der Waals surface area contributed by atoms with Crippen molar-refractivity contribution in [2.24, 2.45) is 5.92 Å². The fourth-order valence-corrected chi connectivity index (χ4v) is 5.44. The highest BCUT2D eigenvalue weighted by Gasteiger charge is 2.30. The van der Waals surface area contributed by atoms with E-state index in [4.69, 9.17) is 4.74 Å². The number of rotatable bonds is 8. The van der Waals surface area contributed by atoms with Crippen molar-refractivity contribution in [3.05, 3.63) is 58.5 Å². The summed E-state index contributed by atoms with van der Waals surface area (Å²) in [5.41, 5.74) is 1.65. The SMILES string of the molecule is COc1ccc2ccc(=O)n(CCN3C[C@H](CNCc4ccc5c(n4)NC(=O)CS5)[C@H](O)C3)c2c1.Cl.Cl. The molecule has 0 radical (unpaired) electrons. The maximum atomic E-state index is 12.6. The van der Waals surface area contributed by atoms with Crippen LogP contribution in [0.25, 0.3) is 10.9 Å². The normalized spacial score (nSPS) is 19.0. The highest BCUT2D eigenvalue weighted by Crippen LogP contribution is 2.29. The average molecular weight is 569 g/mol. The molecule has 2 aliphatic heterocycles. The van der Waals surface area contributed by atoms with Crippen LogP contribution < -0.4 is 20.9 Å². The number of aliphatic hydroxyl groups is 1. The molecule has 0 unspecified atom stereocenters. The molecule has 1 saturated heterocycles. The van der Waals surface area contributed by atoms with Crippen LogP contribution in [0.3, 0.4) is 0 Å². The Morgan fingerprint density at radius 2 is 1.95 bits per heavy atom. The lowest BCUT2D eigenvalue weighted by atomic mass is 10.1. The maximum absolute atomic E-state index is 12.6. The Hall–Kier alpha value is -2.34. The van der Waals surface area contributed by atoms with Crippen LogP contribution in [-0.4, -0.2) is 70.6 Å². The van der Waals surface area contributed by atoms with E-state index in [0.717, 1.165) is 28.0 Å². The van der Waals surface area contributed by atoms with Gasteiger partial charge in [-0.15, -0.1) is 36.6 Å². The van der Waals surface area contributed by atoms with Crippen molar-refractivity contribution < 1.29 is 14.6 Å². The van der Waals surface area contributed by atoms with Crippen molar-refractivity contribution >= 4 is 59.2 Å². The highest BCUT2D eigenvalue weighted by molar-refractivity contribution is 8.00. The van der Waals surface area contributed by atoms with Gasteiger partial charge >= 0.3 is 0 Å². The third-order valence-electron chi connectivity index (χ3n) is 6.57. The molecule has 0 aliphatic carbocycles. The van der Waals surface area contributed by atoms with Gasteiger partial charge in [-0.3, -0.25) is 14.5 Å². The second kappa shape index (κ2) is 12.9. The molecular weight excluding hydrogens is 537 g/mol. The maximum Gasteiger partial charge on any atom is 0.251 e. The molecule has 4 heterocycles. The van der Waals surface area contributed by atoms with Crippen molar-refractivity contribution in [3.8, 4) is 5.75 Å². The Balaban J connectivity index is 0.00000190. The molecule has 0 bridgehead atoms. The van der Waals surface area contributed by atoms with E-state index in [1.165, 1.54) is 11.8 Å². The number of thioether (sulfide) groups is 1. The zero-order valence-electron chi connectivity index (χ0n) is 20.4. The smallest absolute Gasteiger partial charge is 0.251 e. The first-order valence-corrected chi connectivity index (χ1v) is 12.7. The van der Waals surface area contributed by atoms with E-state index in [1.54, 1.807) is 17.7 Å². The van der Waals surface area contributed by atoms with Crippen LogP contribution in [0.15, 0.2) is 52.2 Å². The molecule has 5 rings (SSSR count). The van der Waals surface area contributed by atoms with Gasteiger partial charge in [0.1, 0.15) is 11.6 Å². The predicted octanol–water partition coefficient (Wildman–Crippen LogP) is 2.38. The standard InChI is InChI=1S/C25H29N5O4S.2ClH/c1-34-19-5-2-16-3-7-24(33)30(20(16)10-19)9-8-29-13-17(21(31)14-29)11-26-12-18-4-6-22-25(27-18)28-23(32)15-35-22;;/h2-7,10,17,21,26,31H,8-9,11-15H2,1H3,(H,27,28,32);2*1H/t17-,21+;;/m0../s1. The number of ether oxygens (including phenoxy) is 1. The van der Waals surface area contributed by atoms with Gasteiger partial charge in [0.2, 0.25) is 5.91 Å². The number of β-amino-alcohol motifs (C(OH)–C–C–N with tert-alkyl or cyclic N) is 1. The lowest BCUT2D eigenvalue weighted by Gasteiger charge is -2.18. The molecule has 0 saturated carbocycles. The summed E-state index contributed by atoms with van der Waals surface area (Å²) >= 11 is 1.50. The van der Waals surface area contributed by atoms with Crippen LogP contribution in [0.2, 0.25) is 0 Å². The molecule has 1 amide bonds. The van der Waals surface area contributed by atoms with Gasteiger partial charge in [0.05, 0.1) is 35.1 Å². The van der Waals surface area contributed by atoms with E-state index >= 15 is 0 Å². The number of pyridine rings is 2. The van der Waals surface area contributed by atoms with Crippen LogP contribution in [0.4, 0.5) is 5.82 Å². The summed E-state index contributed by atoms with van der Waals surface area (Å²) in [7, 11) is 1.62. The van der Waals surface area contributed by atoms with Gasteiger partial charge in [-0.2, -0.15) is 0 Å². The van der Waals surface area contributed by atoms with Crippen molar-refractivity contribution in [2.45, 2.75) is 24.1 Å². The number of anilines is 1. The minimum absolute atomic E-state index is 0. The van der Waals surface area contributed by atoms with Crippen molar-refractivity contribution in [2.75, 3.05) is 44.4 Å². The topological polar surface area (TPSA) is 109 Å². The minimum Gasteiger partial charge on any atom is -0.497 e. The Kier molecular flexibility index (Phi) is 10.2. The zero-order valence-corrected chi connectivity index (χ0v) is 22.8. The minimum atomic E-state index is -0.431. The summed E-state index contributed by atoms with van der Waals surface area (Å²) in [6.07, 6.45) is -0.431. The fourth-order valence-electron chi connectivity index (χ4n) is 4.68. The van der Waals surface area contributed by atoms with Crippen molar-refractivity contribution in [3.63, 3.8) is 0 Å². The molecule has 3 N–H and O–H groups in total. The van der Waals surface area contributed by atoms with Crippen LogP contribution >= 0.6 is 36.6 Å². The van der Waals surface area contributed by atoms with Gasteiger partial charge in [0.25, 0.3) is 5.56 Å². The second-order valence-electron chi connectivity index (χ2n) is 8.95. The number of nitrogens with zero attached hydrogens (tertiary/aromatic N) is 3. The largest absolute Gasteiger partial charge is 0.497 e. The number of hydrogen-bond donors (Lipinski definition) is 3. The monoisotopic (exact) mass is 567 g/mol. The number of hydrogen-bond acceptors (Lipinski definition) is 8. The van der Waals surface area contributed by atoms with Gasteiger partial charge in [0.15, 0.2) is 0 Å². The van der Waals surface area contributed by atoms with Crippen LogP contribution in [-0.2, 0) is 17.9 Å². The number of amides is 1. The third kappa shape index (κ3) is 6.76. The van der Waals surface area contributed by atoms with E-state index in [-0.39, 0.29) is 42.2 Å². The average Bonchev–Trinajstić information content (AvgIpc) is 3.21. The van der Waals surface area contributed by atoms with Gasteiger partial charge in [-0.25, -0.2) is 4.98 Å². The molecule has 200 valence electrons. The third-order valence-corrected chi connectivity index (χ3v) is 7.61. The molecule has 2 aliphatic rings. The fraction of sp³-hybridized carbons (Fsp3) is 0.400. The van der Waals surface area contributed by atoms with E-state index in [1.807, 2.05) is 36.4 Å². The number of carbonyl (C=O) groups excluding carboxylic acids is 1. The van der Waals surface area contributed by atoms with Crippen LogP contribution in [0.5, 0.6) is 5.75 Å². The number of fused-ring (bicyclic) bond motifs is 2. The Morgan fingerprint density at radius 1 is 1.14 bits per heavy atom. The second-order valence-corrected chi connectivity index (χ2v) is 9.97. The number of aliphatic hydroxyl groups excluding tert-OH is 1. The zero-order chi connectivity index (χ0) is 24.4. The number of methoxy groups -OCH3 is 1. The van der Waals surface area contributed by atoms with Crippen LogP contribution in [0.1, 0.15) is 5.69 Å². The number of nitrogens with one attached hydrogen (secondary N) is 2. The van der Waals surface area contributed by atoms with E-state index < -0.39 is 6.10 Å². The summed E-state index contributed by atoms with van der Waals surface area (Å²) in [5.74, 6) is 1.82. The van der Waals surface area contributed by atoms with Gasteiger partial charge < -0.3 is 25.0 Å². The molecule has 3 aromatic rings. The molecule has 2 atom stereocenters. The molecule has 1 fully saturated rings. The number of carbonyl (C=O) groups is 1. The first-order chi connectivity index (χ1) is 17.0. The van der Waals surface area contributed by atoms with E-state index in [9.17, 15) is 14.7 Å². The summed E-state index contributed by atoms with van der Waals surface area (Å²) in [5, 5.41) is 17.8. The molecule has 12 heteroatoms. The Labute approximate surface area is 231 Å². The molecule has 37 heavy (non-hydrogen) atoms. The summed E-state index contributed by atoms with van der Waals surface area (Å²) in [6, 6.07) is 13.1. The first-order valence-electron chi connectivity index (χ1n) is 11.7.